The summed E-state index contributed by atoms with van der Waals surface area (Å²) in [6.07, 6.45) is -1.79. The normalized spacial score (nSPS) is 20.9. The Morgan fingerprint density at radius 2 is 2.03 bits per heavy atom. The van der Waals surface area contributed by atoms with Crippen LogP contribution in [0.5, 0.6) is 0 Å². The van der Waals surface area contributed by atoms with Crippen molar-refractivity contribution in [3.8, 4) is 11.3 Å². The Hall–Kier alpha value is -2.68. The quantitative estimate of drug-likeness (QED) is 0.791. The minimum Gasteiger partial charge on any atom is -0.365 e. The molecule has 1 aliphatic carbocycles. The van der Waals surface area contributed by atoms with Crippen LogP contribution in [0.15, 0.2) is 24.3 Å². The molecule has 0 radical (unpaired) electrons. The van der Waals surface area contributed by atoms with Crippen LogP contribution in [0.25, 0.3) is 11.3 Å². The standard InChI is InChI=1S/C19H20ClF2N5O2/c20-12-3-1-2-10(6-12)16-15(18(23)28)14-9-26(4-5-27(14)25-16)19(29)24-13-7-11(8-13)17(21)22/h1-3,6,11,13,17H,4-5,7-9H2,(H2,23,28)(H,24,29). The third-order valence-corrected chi connectivity index (χ3v) is 5.71. The van der Waals surface area contributed by atoms with Crippen LogP contribution in [0.3, 0.4) is 0 Å². The number of urea groups is 1. The van der Waals surface area contributed by atoms with Gasteiger partial charge in [-0.3, -0.25) is 9.48 Å². The van der Waals surface area contributed by atoms with Crippen LogP contribution in [0, 0.1) is 5.92 Å². The summed E-state index contributed by atoms with van der Waals surface area (Å²) in [5.74, 6) is -1.29. The van der Waals surface area contributed by atoms with Gasteiger partial charge < -0.3 is 16.0 Å². The molecule has 29 heavy (non-hydrogen) atoms. The van der Waals surface area contributed by atoms with Crippen LogP contribution in [0.2, 0.25) is 5.02 Å². The zero-order valence-electron chi connectivity index (χ0n) is 15.4. The van der Waals surface area contributed by atoms with Gasteiger partial charge in [-0.25, -0.2) is 13.6 Å². The molecular formula is C19H20ClF2N5O2. The number of nitrogens with one attached hydrogen (secondary N) is 1. The number of hydrogen-bond acceptors (Lipinski definition) is 3. The van der Waals surface area contributed by atoms with E-state index in [0.29, 0.717) is 35.1 Å². The lowest BCUT2D eigenvalue weighted by Gasteiger charge is -2.37. The Morgan fingerprint density at radius 3 is 2.69 bits per heavy atom. The molecule has 0 atom stereocenters. The van der Waals surface area contributed by atoms with Crippen molar-refractivity contribution in [3.63, 3.8) is 0 Å². The van der Waals surface area contributed by atoms with Crippen molar-refractivity contribution < 1.29 is 18.4 Å². The van der Waals surface area contributed by atoms with Gasteiger partial charge in [0.05, 0.1) is 24.3 Å². The van der Waals surface area contributed by atoms with Crippen LogP contribution in [-0.2, 0) is 13.1 Å². The number of halogens is 3. The molecule has 154 valence electrons. The first-order chi connectivity index (χ1) is 13.8. The monoisotopic (exact) mass is 423 g/mol. The fourth-order valence-electron chi connectivity index (χ4n) is 3.84. The highest BCUT2D eigenvalue weighted by Crippen LogP contribution is 2.33. The second-order valence-corrected chi connectivity index (χ2v) is 7.84. The second kappa shape index (κ2) is 7.62. The van der Waals surface area contributed by atoms with Gasteiger partial charge in [-0.05, 0) is 25.0 Å². The van der Waals surface area contributed by atoms with Crippen molar-refractivity contribution in [2.45, 2.75) is 38.4 Å². The summed E-state index contributed by atoms with van der Waals surface area (Å²) in [4.78, 5) is 26.3. The average Bonchev–Trinajstić information content (AvgIpc) is 3.02. The number of primary amides is 1. The minimum atomic E-state index is -2.35. The van der Waals surface area contributed by atoms with E-state index in [1.807, 2.05) is 0 Å². The van der Waals surface area contributed by atoms with Crippen LogP contribution >= 0.6 is 11.6 Å². The number of carbonyl (C=O) groups excluding carboxylic acids is 2. The van der Waals surface area contributed by atoms with Gasteiger partial charge in [-0.1, -0.05) is 23.7 Å². The first kappa shape index (κ1) is 19.6. The Labute approximate surface area is 170 Å². The zero-order chi connectivity index (χ0) is 20.7. The van der Waals surface area contributed by atoms with Gasteiger partial charge in [0.25, 0.3) is 5.91 Å². The predicted octanol–water partition coefficient (Wildman–Crippen LogP) is 2.87. The van der Waals surface area contributed by atoms with Gasteiger partial charge in [-0.2, -0.15) is 5.10 Å². The Bertz CT molecular complexity index is 958. The van der Waals surface area contributed by atoms with E-state index in [0.717, 1.165) is 0 Å². The smallest absolute Gasteiger partial charge is 0.318 e. The van der Waals surface area contributed by atoms with Crippen molar-refractivity contribution in [1.82, 2.24) is 20.0 Å². The van der Waals surface area contributed by atoms with Crippen LogP contribution in [0.1, 0.15) is 28.9 Å². The summed E-state index contributed by atoms with van der Waals surface area (Å²) in [5, 5.41) is 7.80. The van der Waals surface area contributed by atoms with Crippen molar-refractivity contribution in [2.75, 3.05) is 6.54 Å². The summed E-state index contributed by atoms with van der Waals surface area (Å²) in [6, 6.07) is 6.37. The first-order valence-electron chi connectivity index (χ1n) is 9.32. The van der Waals surface area contributed by atoms with E-state index in [1.54, 1.807) is 33.8 Å². The van der Waals surface area contributed by atoms with Crippen molar-refractivity contribution >= 4 is 23.5 Å². The highest BCUT2D eigenvalue weighted by molar-refractivity contribution is 6.30. The van der Waals surface area contributed by atoms with E-state index in [9.17, 15) is 18.4 Å². The number of fused-ring (bicyclic) bond motifs is 1. The van der Waals surface area contributed by atoms with E-state index < -0.39 is 18.3 Å². The molecule has 0 bridgehead atoms. The minimum absolute atomic E-state index is 0.155. The molecule has 3 amide bonds. The van der Waals surface area contributed by atoms with E-state index in [2.05, 4.69) is 10.4 Å². The number of nitrogens with two attached hydrogens (primary N) is 1. The van der Waals surface area contributed by atoms with E-state index in [-0.39, 0.29) is 37.0 Å². The summed E-state index contributed by atoms with van der Waals surface area (Å²) in [5.41, 5.74) is 7.51. The molecule has 0 unspecified atom stereocenters. The maximum absolute atomic E-state index is 12.6. The number of amides is 3. The van der Waals surface area contributed by atoms with Crippen LogP contribution in [-0.4, -0.2) is 45.6 Å². The highest BCUT2D eigenvalue weighted by atomic mass is 35.5. The molecule has 7 nitrogen and oxygen atoms in total. The lowest BCUT2D eigenvalue weighted by atomic mass is 9.80. The number of rotatable bonds is 4. The lowest BCUT2D eigenvalue weighted by molar-refractivity contribution is 0.0169. The molecular weight excluding hydrogens is 404 g/mol. The molecule has 1 aliphatic heterocycles. The number of carbonyl (C=O) groups is 2. The molecule has 3 N–H and O–H groups in total. The topological polar surface area (TPSA) is 93.2 Å². The van der Waals surface area contributed by atoms with Crippen molar-refractivity contribution in [3.05, 3.63) is 40.5 Å². The SMILES string of the molecule is NC(=O)c1c(-c2cccc(Cl)c2)nn2c1CN(C(=O)NC1CC(C(F)F)C1)CC2. The third kappa shape index (κ3) is 3.78. The average molecular weight is 424 g/mol. The molecule has 10 heteroatoms. The summed E-state index contributed by atoms with van der Waals surface area (Å²) in [7, 11) is 0. The highest BCUT2D eigenvalue weighted by Gasteiger charge is 2.37. The van der Waals surface area contributed by atoms with E-state index >= 15 is 0 Å². The maximum atomic E-state index is 12.6. The van der Waals surface area contributed by atoms with Gasteiger partial charge in [0.2, 0.25) is 6.43 Å². The van der Waals surface area contributed by atoms with E-state index in [4.69, 9.17) is 17.3 Å². The fraction of sp³-hybridized carbons (Fsp3) is 0.421. The number of alkyl halides is 2. The summed E-state index contributed by atoms with van der Waals surface area (Å²) < 4.78 is 26.9. The maximum Gasteiger partial charge on any atom is 0.318 e. The van der Waals surface area contributed by atoms with Crippen molar-refractivity contribution in [1.29, 1.82) is 0 Å². The summed E-state index contributed by atoms with van der Waals surface area (Å²) in [6.45, 7) is 0.940. The van der Waals surface area contributed by atoms with Gasteiger partial charge in [0.1, 0.15) is 5.69 Å². The van der Waals surface area contributed by atoms with Gasteiger partial charge in [-0.15, -0.1) is 0 Å². The first-order valence-corrected chi connectivity index (χ1v) is 9.70. The fourth-order valence-corrected chi connectivity index (χ4v) is 4.03. The third-order valence-electron chi connectivity index (χ3n) is 5.47. The molecule has 1 saturated carbocycles. The van der Waals surface area contributed by atoms with Gasteiger partial charge in [0, 0.05) is 29.1 Å². The molecule has 0 spiro atoms. The van der Waals surface area contributed by atoms with Gasteiger partial charge >= 0.3 is 6.03 Å². The molecule has 2 heterocycles. The van der Waals surface area contributed by atoms with E-state index in [1.165, 1.54) is 0 Å². The van der Waals surface area contributed by atoms with Crippen LogP contribution < -0.4 is 11.1 Å². The summed E-state index contributed by atoms with van der Waals surface area (Å²) >= 11 is 6.06. The Balaban J connectivity index is 1.53. The molecule has 1 aromatic carbocycles. The Kier molecular flexibility index (Phi) is 5.16. The number of nitrogens with zero attached hydrogens (tertiary/aromatic N) is 3. The van der Waals surface area contributed by atoms with Crippen LogP contribution in [0.4, 0.5) is 13.6 Å². The zero-order valence-corrected chi connectivity index (χ0v) is 16.2. The predicted molar refractivity (Wildman–Crippen MR) is 103 cm³/mol. The van der Waals surface area contributed by atoms with Crippen molar-refractivity contribution in [2.24, 2.45) is 11.7 Å². The number of benzene rings is 1. The number of aromatic nitrogens is 2. The lowest BCUT2D eigenvalue weighted by Crippen LogP contribution is -2.52. The molecule has 2 aromatic rings. The second-order valence-electron chi connectivity index (χ2n) is 7.40. The van der Waals surface area contributed by atoms with Gasteiger partial charge in [0.15, 0.2) is 0 Å². The molecule has 2 aliphatic rings. The largest absolute Gasteiger partial charge is 0.365 e. The molecule has 1 aromatic heterocycles. The molecule has 0 saturated heterocycles. The number of hydrogen-bond donors (Lipinski definition) is 2. The molecule has 4 rings (SSSR count). The molecule has 1 fully saturated rings. The Morgan fingerprint density at radius 1 is 1.28 bits per heavy atom.